The molecule has 0 spiro atoms. The number of allylic oxidation sites excluding steroid dienone is 1. The van der Waals surface area contributed by atoms with Gasteiger partial charge >= 0.3 is 0 Å². The lowest BCUT2D eigenvalue weighted by Crippen LogP contribution is -2.21. The summed E-state index contributed by atoms with van der Waals surface area (Å²) in [6.45, 7) is 3.76. The molecular formula is C13H17NO3. The minimum absolute atomic E-state index is 0.0243. The van der Waals surface area contributed by atoms with Gasteiger partial charge in [-0.25, -0.2) is 0 Å². The largest absolute Gasteiger partial charge is 0.508 e. The highest BCUT2D eigenvalue weighted by Crippen LogP contribution is 2.31. The lowest BCUT2D eigenvalue weighted by molar-refractivity contribution is 0.0955. The van der Waals surface area contributed by atoms with E-state index in [-0.39, 0.29) is 29.4 Å². The highest BCUT2D eigenvalue weighted by atomic mass is 16.3. The topological polar surface area (TPSA) is 60.8 Å². The molecule has 0 saturated carbocycles. The minimum atomic E-state index is -0.183. The molecule has 1 rings (SSSR count). The number of likely N-dealkylation sites (N-methyl/N-ethyl adjacent to an activating group) is 1. The van der Waals surface area contributed by atoms with Crippen LogP contribution in [0.3, 0.4) is 0 Å². The van der Waals surface area contributed by atoms with Gasteiger partial charge in [-0.15, -0.1) is 6.58 Å². The van der Waals surface area contributed by atoms with Gasteiger partial charge in [0.2, 0.25) is 0 Å². The number of rotatable bonds is 5. The summed E-state index contributed by atoms with van der Waals surface area (Å²) in [5.41, 5.74) is 0.568. The molecule has 0 aliphatic heterocycles. The molecule has 0 fully saturated rings. The summed E-state index contributed by atoms with van der Waals surface area (Å²) in [6, 6.07) is 2.85. The van der Waals surface area contributed by atoms with Gasteiger partial charge in [-0.3, -0.25) is 4.79 Å². The SMILES string of the molecule is C=CCc1c(O)ccc(C(=O)CN(C)C)c1O. The molecule has 0 aliphatic rings. The first kappa shape index (κ1) is 13.3. The summed E-state index contributed by atoms with van der Waals surface area (Å²) < 4.78 is 0. The molecule has 0 unspecified atom stereocenters. The van der Waals surface area contributed by atoms with Gasteiger partial charge < -0.3 is 15.1 Å². The monoisotopic (exact) mass is 235 g/mol. The third-order valence-electron chi connectivity index (χ3n) is 2.37. The molecule has 4 nitrogen and oxygen atoms in total. The van der Waals surface area contributed by atoms with Crippen LogP contribution in [0.5, 0.6) is 11.5 Å². The molecule has 0 bridgehead atoms. The Kier molecular flexibility index (Phi) is 4.29. The van der Waals surface area contributed by atoms with Gasteiger partial charge in [0, 0.05) is 5.56 Å². The fraction of sp³-hybridized carbons (Fsp3) is 0.308. The standard InChI is InChI=1S/C13H17NO3/c1-4-5-9-11(15)7-6-10(13(9)17)12(16)8-14(2)3/h4,6-7,15,17H,1,5,8H2,2-3H3. The van der Waals surface area contributed by atoms with Gasteiger partial charge in [-0.2, -0.15) is 0 Å². The van der Waals surface area contributed by atoms with Crippen LogP contribution in [0.2, 0.25) is 0 Å². The second-order valence-corrected chi connectivity index (χ2v) is 4.11. The Morgan fingerprint density at radius 3 is 2.59 bits per heavy atom. The maximum absolute atomic E-state index is 11.8. The average molecular weight is 235 g/mol. The summed E-state index contributed by atoms with van der Waals surface area (Å²) in [7, 11) is 3.56. The zero-order valence-corrected chi connectivity index (χ0v) is 10.1. The number of hydrogen-bond donors (Lipinski definition) is 2. The molecule has 0 radical (unpaired) electrons. The second kappa shape index (κ2) is 5.50. The molecule has 0 saturated heterocycles. The number of phenols is 2. The zero-order chi connectivity index (χ0) is 13.0. The fourth-order valence-corrected chi connectivity index (χ4v) is 1.57. The summed E-state index contributed by atoms with van der Waals surface area (Å²) in [5.74, 6) is -0.363. The van der Waals surface area contributed by atoms with Gasteiger partial charge in [0.25, 0.3) is 0 Å². The van der Waals surface area contributed by atoms with E-state index in [4.69, 9.17) is 0 Å². The maximum Gasteiger partial charge on any atom is 0.180 e. The molecule has 0 atom stereocenters. The molecule has 0 amide bonds. The van der Waals surface area contributed by atoms with E-state index in [1.165, 1.54) is 12.1 Å². The van der Waals surface area contributed by atoms with Crippen molar-refractivity contribution in [2.75, 3.05) is 20.6 Å². The Balaban J connectivity index is 3.13. The zero-order valence-electron chi connectivity index (χ0n) is 10.1. The van der Waals surface area contributed by atoms with Crippen LogP contribution in [0.4, 0.5) is 0 Å². The molecule has 17 heavy (non-hydrogen) atoms. The number of ketones is 1. The predicted octanol–water partition coefficient (Wildman–Crippen LogP) is 1.57. The van der Waals surface area contributed by atoms with Crippen molar-refractivity contribution in [3.05, 3.63) is 35.9 Å². The van der Waals surface area contributed by atoms with E-state index < -0.39 is 0 Å². The highest BCUT2D eigenvalue weighted by molar-refractivity contribution is 6.00. The van der Waals surface area contributed by atoms with Gasteiger partial charge in [0.05, 0.1) is 12.1 Å². The molecule has 92 valence electrons. The lowest BCUT2D eigenvalue weighted by Gasteiger charge is -2.12. The van der Waals surface area contributed by atoms with Crippen LogP contribution in [0.25, 0.3) is 0 Å². The first-order valence-electron chi connectivity index (χ1n) is 5.30. The molecule has 0 aromatic heterocycles. The quantitative estimate of drug-likeness (QED) is 0.600. The Labute approximate surface area is 101 Å². The smallest absolute Gasteiger partial charge is 0.180 e. The fourth-order valence-electron chi connectivity index (χ4n) is 1.57. The van der Waals surface area contributed by atoms with E-state index in [0.29, 0.717) is 12.0 Å². The summed E-state index contributed by atoms with van der Waals surface area (Å²) in [5, 5.41) is 19.5. The van der Waals surface area contributed by atoms with E-state index in [1.807, 2.05) is 0 Å². The van der Waals surface area contributed by atoms with E-state index >= 15 is 0 Å². The highest BCUT2D eigenvalue weighted by Gasteiger charge is 2.17. The van der Waals surface area contributed by atoms with Crippen molar-refractivity contribution in [1.29, 1.82) is 0 Å². The van der Waals surface area contributed by atoms with Crippen LogP contribution in [0.1, 0.15) is 15.9 Å². The number of carbonyl (C=O) groups is 1. The Morgan fingerprint density at radius 2 is 2.06 bits per heavy atom. The number of aromatic hydroxyl groups is 2. The molecule has 0 aliphatic carbocycles. The predicted molar refractivity (Wildman–Crippen MR) is 66.6 cm³/mol. The van der Waals surface area contributed by atoms with E-state index in [2.05, 4.69) is 6.58 Å². The van der Waals surface area contributed by atoms with Crippen molar-refractivity contribution in [2.45, 2.75) is 6.42 Å². The van der Waals surface area contributed by atoms with Crippen molar-refractivity contribution >= 4 is 5.78 Å². The minimum Gasteiger partial charge on any atom is -0.508 e. The normalized spacial score (nSPS) is 10.5. The Morgan fingerprint density at radius 1 is 1.41 bits per heavy atom. The summed E-state index contributed by atoms with van der Waals surface area (Å²) >= 11 is 0. The number of phenolic OH excluding ortho intramolecular Hbond substituents is 2. The summed E-state index contributed by atoms with van der Waals surface area (Å²) in [6.07, 6.45) is 1.88. The van der Waals surface area contributed by atoms with Gasteiger partial charge in [-0.1, -0.05) is 6.08 Å². The van der Waals surface area contributed by atoms with Crippen molar-refractivity contribution < 1.29 is 15.0 Å². The Hall–Kier alpha value is -1.81. The molecular weight excluding hydrogens is 218 g/mol. The van der Waals surface area contributed by atoms with Crippen LogP contribution in [0, 0.1) is 0 Å². The van der Waals surface area contributed by atoms with Crippen LogP contribution in [-0.4, -0.2) is 41.5 Å². The third kappa shape index (κ3) is 3.07. The molecule has 4 heteroatoms. The maximum atomic E-state index is 11.8. The number of Topliss-reactive ketones (excluding diaryl/α,β-unsaturated/α-hetero) is 1. The van der Waals surface area contributed by atoms with Crippen molar-refractivity contribution in [2.24, 2.45) is 0 Å². The van der Waals surface area contributed by atoms with E-state index in [9.17, 15) is 15.0 Å². The van der Waals surface area contributed by atoms with Crippen molar-refractivity contribution in [3.8, 4) is 11.5 Å². The first-order valence-corrected chi connectivity index (χ1v) is 5.30. The van der Waals surface area contributed by atoms with Crippen LogP contribution in [-0.2, 0) is 6.42 Å². The first-order chi connectivity index (χ1) is 7.97. The van der Waals surface area contributed by atoms with Crippen LogP contribution in [0.15, 0.2) is 24.8 Å². The van der Waals surface area contributed by atoms with Gasteiger partial charge in [-0.05, 0) is 32.6 Å². The van der Waals surface area contributed by atoms with Gasteiger partial charge in [0.1, 0.15) is 11.5 Å². The van der Waals surface area contributed by atoms with Crippen molar-refractivity contribution in [1.82, 2.24) is 4.90 Å². The van der Waals surface area contributed by atoms with E-state index in [1.54, 1.807) is 25.1 Å². The number of carbonyl (C=O) groups excluding carboxylic acids is 1. The number of nitrogens with zero attached hydrogens (tertiary/aromatic N) is 1. The van der Waals surface area contributed by atoms with Gasteiger partial charge in [0.15, 0.2) is 5.78 Å². The molecule has 1 aromatic rings. The summed E-state index contributed by atoms with van der Waals surface area (Å²) in [4.78, 5) is 13.6. The number of benzene rings is 1. The third-order valence-corrected chi connectivity index (χ3v) is 2.37. The van der Waals surface area contributed by atoms with Crippen molar-refractivity contribution in [3.63, 3.8) is 0 Å². The van der Waals surface area contributed by atoms with Crippen LogP contribution >= 0.6 is 0 Å². The second-order valence-electron chi connectivity index (χ2n) is 4.11. The Bertz CT molecular complexity index is 439. The van der Waals surface area contributed by atoms with E-state index in [0.717, 1.165) is 0 Å². The molecule has 2 N–H and O–H groups in total. The molecule has 0 heterocycles. The lowest BCUT2D eigenvalue weighted by atomic mass is 10.0. The average Bonchev–Trinajstić information content (AvgIpc) is 2.23. The van der Waals surface area contributed by atoms with Crippen LogP contribution < -0.4 is 0 Å². The number of hydrogen-bond acceptors (Lipinski definition) is 4. The molecule has 1 aromatic carbocycles.